The summed E-state index contributed by atoms with van der Waals surface area (Å²) in [5.74, 6) is -0.914. The van der Waals surface area contributed by atoms with Crippen molar-refractivity contribution in [2.45, 2.75) is 19.8 Å². The van der Waals surface area contributed by atoms with Crippen LogP contribution in [0.1, 0.15) is 18.9 Å². The molecular weight excluding hydrogens is 242 g/mol. The normalized spacial score (nSPS) is 9.79. The van der Waals surface area contributed by atoms with Gasteiger partial charge in [-0.3, -0.25) is 0 Å². The van der Waals surface area contributed by atoms with Gasteiger partial charge in [-0.25, -0.2) is 4.79 Å². The molecule has 0 heterocycles. The summed E-state index contributed by atoms with van der Waals surface area (Å²) >= 11 is 0. The molecule has 0 aliphatic rings. The number of carboxylic acid groups (broad SMARTS) is 1. The lowest BCUT2D eigenvalue weighted by atomic mass is 10.1. The van der Waals surface area contributed by atoms with E-state index in [4.69, 9.17) is 10.2 Å². The first kappa shape index (κ1) is 19.4. The quantitative estimate of drug-likeness (QED) is 0.563. The molecule has 0 bridgehead atoms. The van der Waals surface area contributed by atoms with Crippen molar-refractivity contribution in [1.29, 1.82) is 0 Å². The Morgan fingerprint density at radius 2 is 1.84 bits per heavy atom. The lowest BCUT2D eigenvalue weighted by molar-refractivity contribution is -0.131. The molecule has 4 nitrogen and oxygen atoms in total. The molecule has 0 fully saturated rings. The number of hydrogen-bond acceptors (Lipinski definition) is 3. The van der Waals surface area contributed by atoms with Crippen molar-refractivity contribution in [3.8, 4) is 0 Å². The second-order valence-corrected chi connectivity index (χ2v) is 3.54. The van der Waals surface area contributed by atoms with Crippen molar-refractivity contribution in [1.82, 2.24) is 6.15 Å². The predicted octanol–water partition coefficient (Wildman–Crippen LogP) is 2.98. The molecule has 0 aliphatic heterocycles. The van der Waals surface area contributed by atoms with Crippen LogP contribution >= 0.6 is 0 Å². The largest absolute Gasteiger partial charge is 0.478 e. The van der Waals surface area contributed by atoms with Crippen LogP contribution in [-0.4, -0.2) is 22.8 Å². The third-order valence-corrected chi connectivity index (χ3v) is 2.01. The van der Waals surface area contributed by atoms with E-state index in [9.17, 15) is 4.79 Å². The standard InChI is InChI=1S/C9H12O.C6H8O2.H3N/c10-8-4-7-9-5-2-1-3-6-9;1-2-3-4-5-6(7)8;/h1-3,5-6,10H,4,7-8H2;2-5H,1H3,(H,7,8);1H3/b;3-2+,5-4+;. The van der Waals surface area contributed by atoms with Gasteiger partial charge in [0.15, 0.2) is 0 Å². The summed E-state index contributed by atoms with van der Waals surface area (Å²) in [7, 11) is 0. The maximum atomic E-state index is 9.75. The van der Waals surface area contributed by atoms with E-state index in [1.807, 2.05) is 25.1 Å². The number of allylic oxidation sites excluding steroid dienone is 3. The first-order valence-electron chi connectivity index (χ1n) is 5.87. The average Bonchev–Trinajstić information content (AvgIpc) is 2.38. The number of benzene rings is 1. The van der Waals surface area contributed by atoms with Gasteiger partial charge in [-0.05, 0) is 25.3 Å². The molecule has 0 unspecified atom stereocenters. The molecule has 0 atom stereocenters. The average molecular weight is 265 g/mol. The van der Waals surface area contributed by atoms with Gasteiger partial charge in [-0.1, -0.05) is 48.6 Å². The van der Waals surface area contributed by atoms with Gasteiger partial charge in [0.1, 0.15) is 0 Å². The number of rotatable bonds is 5. The monoisotopic (exact) mass is 265 g/mol. The van der Waals surface area contributed by atoms with Gasteiger partial charge in [-0.15, -0.1) is 0 Å². The highest BCUT2D eigenvalue weighted by Crippen LogP contribution is 2.00. The summed E-state index contributed by atoms with van der Waals surface area (Å²) in [5.41, 5.74) is 1.30. The zero-order valence-corrected chi connectivity index (χ0v) is 11.3. The Labute approximate surface area is 114 Å². The van der Waals surface area contributed by atoms with Crippen molar-refractivity contribution in [2.75, 3.05) is 6.61 Å². The maximum absolute atomic E-state index is 9.75. The summed E-state index contributed by atoms with van der Waals surface area (Å²) in [4.78, 5) is 9.75. The van der Waals surface area contributed by atoms with E-state index in [1.54, 1.807) is 12.2 Å². The van der Waals surface area contributed by atoms with Gasteiger partial charge in [0.05, 0.1) is 0 Å². The molecule has 0 aromatic heterocycles. The molecular formula is C15H23NO3. The second kappa shape index (κ2) is 14.2. The van der Waals surface area contributed by atoms with Crippen molar-refractivity contribution in [3.63, 3.8) is 0 Å². The number of carboxylic acids is 1. The zero-order chi connectivity index (χ0) is 13.6. The Balaban J connectivity index is 0. The third-order valence-electron chi connectivity index (χ3n) is 2.01. The van der Waals surface area contributed by atoms with Gasteiger partial charge < -0.3 is 16.4 Å². The molecule has 4 heteroatoms. The molecule has 0 spiro atoms. The van der Waals surface area contributed by atoms with Crippen molar-refractivity contribution in [3.05, 3.63) is 60.2 Å². The molecule has 106 valence electrons. The van der Waals surface area contributed by atoms with E-state index in [0.29, 0.717) is 0 Å². The zero-order valence-electron chi connectivity index (χ0n) is 11.3. The predicted molar refractivity (Wildman–Crippen MR) is 78.5 cm³/mol. The molecule has 1 aromatic carbocycles. The van der Waals surface area contributed by atoms with Crippen LogP contribution in [0.25, 0.3) is 0 Å². The fourth-order valence-electron chi connectivity index (χ4n) is 1.18. The van der Waals surface area contributed by atoms with Crippen molar-refractivity contribution in [2.24, 2.45) is 0 Å². The van der Waals surface area contributed by atoms with Crippen LogP contribution in [0, 0.1) is 0 Å². The SMILES string of the molecule is C/C=C/C=C/C(=O)O.N.OCCCc1ccccc1. The van der Waals surface area contributed by atoms with Crippen LogP contribution in [0.4, 0.5) is 0 Å². The number of aliphatic carboxylic acids is 1. The molecule has 0 amide bonds. The van der Waals surface area contributed by atoms with Gasteiger partial charge in [0.2, 0.25) is 0 Å². The summed E-state index contributed by atoms with van der Waals surface area (Å²) in [5, 5.41) is 16.5. The second-order valence-electron chi connectivity index (χ2n) is 3.54. The Morgan fingerprint density at radius 3 is 2.32 bits per heavy atom. The lowest BCUT2D eigenvalue weighted by Gasteiger charge is -1.96. The van der Waals surface area contributed by atoms with E-state index in [2.05, 4.69) is 12.1 Å². The summed E-state index contributed by atoms with van der Waals surface area (Å²) < 4.78 is 0. The van der Waals surface area contributed by atoms with Gasteiger partial charge in [-0.2, -0.15) is 0 Å². The van der Waals surface area contributed by atoms with Crippen LogP contribution in [0.2, 0.25) is 0 Å². The van der Waals surface area contributed by atoms with Crippen LogP contribution in [0.5, 0.6) is 0 Å². The van der Waals surface area contributed by atoms with E-state index < -0.39 is 5.97 Å². The number of aliphatic hydroxyl groups excluding tert-OH is 1. The molecule has 0 radical (unpaired) electrons. The highest BCUT2D eigenvalue weighted by Gasteiger charge is 1.88. The van der Waals surface area contributed by atoms with E-state index in [1.165, 1.54) is 11.6 Å². The first-order valence-corrected chi connectivity index (χ1v) is 5.87. The minimum Gasteiger partial charge on any atom is -0.478 e. The molecule has 19 heavy (non-hydrogen) atoms. The Morgan fingerprint density at radius 1 is 1.21 bits per heavy atom. The summed E-state index contributed by atoms with van der Waals surface area (Å²) in [6.45, 7) is 2.11. The smallest absolute Gasteiger partial charge is 0.328 e. The summed E-state index contributed by atoms with van der Waals surface area (Å²) in [6.07, 6.45) is 7.83. The minimum atomic E-state index is -0.914. The van der Waals surface area contributed by atoms with Crippen LogP contribution in [0.15, 0.2) is 54.6 Å². The van der Waals surface area contributed by atoms with Crippen molar-refractivity contribution < 1.29 is 15.0 Å². The Hall–Kier alpha value is -1.91. The van der Waals surface area contributed by atoms with Crippen LogP contribution in [-0.2, 0) is 11.2 Å². The lowest BCUT2D eigenvalue weighted by Crippen LogP contribution is -1.87. The minimum absolute atomic E-state index is 0. The number of hydrogen-bond donors (Lipinski definition) is 3. The molecule has 1 rings (SSSR count). The van der Waals surface area contributed by atoms with Crippen LogP contribution in [0.3, 0.4) is 0 Å². The van der Waals surface area contributed by atoms with E-state index in [-0.39, 0.29) is 12.8 Å². The van der Waals surface area contributed by atoms with Gasteiger partial charge in [0.25, 0.3) is 0 Å². The Bertz CT molecular complexity index is 372. The highest BCUT2D eigenvalue weighted by molar-refractivity contribution is 5.80. The van der Waals surface area contributed by atoms with Crippen molar-refractivity contribution >= 4 is 5.97 Å². The van der Waals surface area contributed by atoms with Crippen LogP contribution < -0.4 is 6.15 Å². The summed E-state index contributed by atoms with van der Waals surface area (Å²) in [6, 6.07) is 10.2. The van der Waals surface area contributed by atoms with Gasteiger partial charge >= 0.3 is 5.97 Å². The number of aliphatic hydroxyl groups is 1. The third kappa shape index (κ3) is 14.0. The molecule has 0 saturated carbocycles. The fourth-order valence-corrected chi connectivity index (χ4v) is 1.18. The number of carbonyl (C=O) groups is 1. The molecule has 0 saturated heterocycles. The topological polar surface area (TPSA) is 92.5 Å². The van der Waals surface area contributed by atoms with E-state index in [0.717, 1.165) is 18.9 Å². The highest BCUT2D eigenvalue weighted by atomic mass is 16.4. The Kier molecular flexibility index (Phi) is 14.5. The molecule has 5 N–H and O–H groups in total. The molecule has 0 aliphatic carbocycles. The maximum Gasteiger partial charge on any atom is 0.328 e. The first-order chi connectivity index (χ1) is 8.70. The van der Waals surface area contributed by atoms with E-state index >= 15 is 0 Å². The van der Waals surface area contributed by atoms with Gasteiger partial charge in [0, 0.05) is 12.7 Å². The molecule has 1 aromatic rings. The number of aryl methyl sites for hydroxylation is 1. The fraction of sp³-hybridized carbons (Fsp3) is 0.267.